The summed E-state index contributed by atoms with van der Waals surface area (Å²) in [7, 11) is 0. The van der Waals surface area contributed by atoms with Gasteiger partial charge in [0.1, 0.15) is 0 Å². The van der Waals surface area contributed by atoms with E-state index in [2.05, 4.69) is 19.2 Å². The second-order valence-corrected chi connectivity index (χ2v) is 2.68. The van der Waals surface area contributed by atoms with Gasteiger partial charge in [-0.25, -0.2) is 4.39 Å². The summed E-state index contributed by atoms with van der Waals surface area (Å²) < 4.78 is 12.1. The molecule has 0 spiro atoms. The van der Waals surface area contributed by atoms with Crippen molar-refractivity contribution in [3.8, 4) is 0 Å². The highest BCUT2D eigenvalue weighted by Crippen LogP contribution is 1.93. The molecule has 1 N–H and O–H groups in total. The minimum Gasteiger partial charge on any atom is -0.314 e. The fourth-order valence-electron chi connectivity index (χ4n) is 0.571. The molecule has 1 atom stereocenters. The lowest BCUT2D eigenvalue weighted by molar-refractivity contribution is 0.332. The predicted octanol–water partition coefficient (Wildman–Crippen LogP) is 1.73. The average molecular weight is 133 g/mol. The van der Waals surface area contributed by atoms with Crippen LogP contribution >= 0.6 is 0 Å². The van der Waals surface area contributed by atoms with Crippen molar-refractivity contribution in [2.45, 2.75) is 39.4 Å². The topological polar surface area (TPSA) is 12.0 Å². The fraction of sp³-hybridized carbons (Fsp3) is 1.00. The molecule has 0 aliphatic carbocycles. The molecule has 1 nitrogen and oxygen atoms in total. The molecule has 0 heterocycles. The standard InChI is InChI=1S/C7H16FN/c1-6(2)9-5-4-7(3)8/h6-7,9H,4-5H2,1-3H3/t7-/m1/s1. The first-order valence-corrected chi connectivity index (χ1v) is 3.50. The van der Waals surface area contributed by atoms with Crippen molar-refractivity contribution in [3.05, 3.63) is 0 Å². The zero-order valence-electron chi connectivity index (χ0n) is 6.45. The molecule has 0 bridgehead atoms. The molecule has 0 aliphatic rings. The van der Waals surface area contributed by atoms with Gasteiger partial charge in [0.2, 0.25) is 0 Å². The summed E-state index contributed by atoms with van der Waals surface area (Å²) in [6.07, 6.45) is -0.0469. The van der Waals surface area contributed by atoms with Crippen LogP contribution < -0.4 is 5.32 Å². The molecule has 0 aliphatic heterocycles. The number of alkyl halides is 1. The van der Waals surface area contributed by atoms with Crippen LogP contribution in [0.5, 0.6) is 0 Å². The Morgan fingerprint density at radius 1 is 1.33 bits per heavy atom. The van der Waals surface area contributed by atoms with Gasteiger partial charge in [0, 0.05) is 6.04 Å². The summed E-state index contributed by atoms with van der Waals surface area (Å²) in [5, 5.41) is 3.14. The van der Waals surface area contributed by atoms with Crippen molar-refractivity contribution >= 4 is 0 Å². The summed E-state index contributed by atoms with van der Waals surface area (Å²) in [6, 6.07) is 0.476. The van der Waals surface area contributed by atoms with E-state index < -0.39 is 6.17 Å². The van der Waals surface area contributed by atoms with Gasteiger partial charge in [-0.05, 0) is 19.9 Å². The molecule has 2 heteroatoms. The lowest BCUT2D eigenvalue weighted by atomic mass is 10.3. The molecule has 0 unspecified atom stereocenters. The van der Waals surface area contributed by atoms with Gasteiger partial charge in [-0.3, -0.25) is 0 Å². The Morgan fingerprint density at radius 2 is 1.89 bits per heavy atom. The quantitative estimate of drug-likeness (QED) is 0.616. The van der Waals surface area contributed by atoms with Crippen molar-refractivity contribution in [1.82, 2.24) is 5.32 Å². The summed E-state index contributed by atoms with van der Waals surface area (Å²) >= 11 is 0. The Morgan fingerprint density at radius 3 is 2.22 bits per heavy atom. The molecule has 0 aromatic rings. The minimum atomic E-state index is -0.670. The van der Waals surface area contributed by atoms with Crippen molar-refractivity contribution < 1.29 is 4.39 Å². The minimum absolute atomic E-state index is 0.476. The summed E-state index contributed by atoms with van der Waals surface area (Å²) in [6.45, 7) is 6.49. The molecule has 9 heavy (non-hydrogen) atoms. The molecule has 0 saturated heterocycles. The maximum atomic E-state index is 12.1. The monoisotopic (exact) mass is 133 g/mol. The number of nitrogens with one attached hydrogen (secondary N) is 1. The van der Waals surface area contributed by atoms with Gasteiger partial charge in [-0.2, -0.15) is 0 Å². The number of halogens is 1. The predicted molar refractivity (Wildman–Crippen MR) is 38.3 cm³/mol. The summed E-state index contributed by atoms with van der Waals surface area (Å²) in [5.41, 5.74) is 0. The van der Waals surface area contributed by atoms with Gasteiger partial charge in [-0.1, -0.05) is 13.8 Å². The van der Waals surface area contributed by atoms with E-state index in [4.69, 9.17) is 0 Å². The van der Waals surface area contributed by atoms with E-state index in [0.29, 0.717) is 12.5 Å². The van der Waals surface area contributed by atoms with Gasteiger partial charge in [0.15, 0.2) is 0 Å². The largest absolute Gasteiger partial charge is 0.314 e. The first kappa shape index (κ1) is 8.89. The first-order valence-electron chi connectivity index (χ1n) is 3.50. The van der Waals surface area contributed by atoms with Crippen LogP contribution in [0.3, 0.4) is 0 Å². The molecule has 0 saturated carbocycles. The zero-order chi connectivity index (χ0) is 7.28. The highest BCUT2D eigenvalue weighted by Gasteiger charge is 1.96. The molecular formula is C7H16FN. The number of hydrogen-bond acceptors (Lipinski definition) is 1. The summed E-state index contributed by atoms with van der Waals surface area (Å²) in [5.74, 6) is 0. The van der Waals surface area contributed by atoms with E-state index in [1.807, 2.05) is 0 Å². The molecule has 0 aromatic carbocycles. The van der Waals surface area contributed by atoms with Crippen molar-refractivity contribution in [2.24, 2.45) is 0 Å². The molecule has 0 amide bonds. The third kappa shape index (κ3) is 7.89. The van der Waals surface area contributed by atoms with Crippen LogP contribution in [0.4, 0.5) is 4.39 Å². The fourth-order valence-corrected chi connectivity index (χ4v) is 0.571. The molecule has 0 radical (unpaired) electrons. The molecular weight excluding hydrogens is 117 g/mol. The zero-order valence-corrected chi connectivity index (χ0v) is 6.45. The highest BCUT2D eigenvalue weighted by molar-refractivity contribution is 4.55. The molecule has 0 rings (SSSR count). The Labute approximate surface area is 56.6 Å². The van der Waals surface area contributed by atoms with Gasteiger partial charge in [-0.15, -0.1) is 0 Å². The van der Waals surface area contributed by atoms with Crippen LogP contribution in [-0.4, -0.2) is 18.8 Å². The molecule has 0 aromatic heterocycles. The highest BCUT2D eigenvalue weighted by atomic mass is 19.1. The third-order valence-corrected chi connectivity index (χ3v) is 1.09. The maximum absolute atomic E-state index is 12.1. The normalized spacial score (nSPS) is 14.3. The van der Waals surface area contributed by atoms with Crippen LogP contribution in [0.25, 0.3) is 0 Å². The second-order valence-electron chi connectivity index (χ2n) is 2.68. The Balaban J connectivity index is 2.91. The van der Waals surface area contributed by atoms with E-state index in [0.717, 1.165) is 6.54 Å². The van der Waals surface area contributed by atoms with Gasteiger partial charge in [0.05, 0.1) is 6.17 Å². The van der Waals surface area contributed by atoms with Crippen LogP contribution in [-0.2, 0) is 0 Å². The second kappa shape index (κ2) is 4.74. The Bertz CT molecular complexity index is 53.9. The molecule has 56 valence electrons. The Hall–Kier alpha value is -0.110. The van der Waals surface area contributed by atoms with Crippen LogP contribution in [0.2, 0.25) is 0 Å². The Kier molecular flexibility index (Phi) is 4.68. The van der Waals surface area contributed by atoms with E-state index in [9.17, 15) is 4.39 Å². The van der Waals surface area contributed by atoms with Gasteiger partial charge >= 0.3 is 0 Å². The van der Waals surface area contributed by atoms with Crippen molar-refractivity contribution in [2.75, 3.05) is 6.54 Å². The molecule has 0 fully saturated rings. The third-order valence-electron chi connectivity index (χ3n) is 1.09. The van der Waals surface area contributed by atoms with E-state index in [-0.39, 0.29) is 0 Å². The van der Waals surface area contributed by atoms with E-state index >= 15 is 0 Å². The summed E-state index contributed by atoms with van der Waals surface area (Å²) in [4.78, 5) is 0. The number of hydrogen-bond donors (Lipinski definition) is 1. The maximum Gasteiger partial charge on any atom is 0.0985 e. The van der Waals surface area contributed by atoms with Gasteiger partial charge in [0.25, 0.3) is 0 Å². The van der Waals surface area contributed by atoms with Crippen LogP contribution in [0.1, 0.15) is 27.2 Å². The lowest BCUT2D eigenvalue weighted by Crippen LogP contribution is -2.25. The van der Waals surface area contributed by atoms with Crippen molar-refractivity contribution in [1.29, 1.82) is 0 Å². The SMILES string of the molecule is CC(C)NCC[C@@H](C)F. The van der Waals surface area contributed by atoms with E-state index in [1.165, 1.54) is 0 Å². The van der Waals surface area contributed by atoms with Crippen LogP contribution in [0.15, 0.2) is 0 Å². The van der Waals surface area contributed by atoms with Crippen molar-refractivity contribution in [3.63, 3.8) is 0 Å². The number of rotatable bonds is 4. The lowest BCUT2D eigenvalue weighted by Gasteiger charge is -2.07. The van der Waals surface area contributed by atoms with E-state index in [1.54, 1.807) is 6.92 Å². The van der Waals surface area contributed by atoms with Crippen LogP contribution in [0, 0.1) is 0 Å². The average Bonchev–Trinajstić information content (AvgIpc) is 1.63. The van der Waals surface area contributed by atoms with Gasteiger partial charge < -0.3 is 5.32 Å². The first-order chi connectivity index (χ1) is 4.13. The smallest absolute Gasteiger partial charge is 0.0985 e.